The fourth-order valence-corrected chi connectivity index (χ4v) is 6.86. The number of hydrogen-bond donors (Lipinski definition) is 0. The summed E-state index contributed by atoms with van der Waals surface area (Å²) in [5.74, 6) is 0.728. The van der Waals surface area contributed by atoms with Crippen LogP contribution in [0.15, 0.2) is 24.3 Å². The highest BCUT2D eigenvalue weighted by atomic mass is 32.2. The largest absolute Gasteiger partial charge is 0.306 e. The molecule has 0 bridgehead atoms. The fourth-order valence-electron chi connectivity index (χ4n) is 4.90. The summed E-state index contributed by atoms with van der Waals surface area (Å²) in [5.41, 5.74) is 2.05. The van der Waals surface area contributed by atoms with Crippen LogP contribution in [0.2, 0.25) is 0 Å². The van der Waals surface area contributed by atoms with Gasteiger partial charge in [0.05, 0.1) is 24.1 Å². The molecule has 0 aromatic heterocycles. The molecule has 5 nitrogen and oxygen atoms in total. The van der Waals surface area contributed by atoms with Crippen LogP contribution in [-0.4, -0.2) is 55.4 Å². The molecule has 3 fully saturated rings. The zero-order valence-corrected chi connectivity index (χ0v) is 16.4. The van der Waals surface area contributed by atoms with E-state index in [4.69, 9.17) is 0 Å². The molecule has 3 aliphatic rings. The second kappa shape index (κ2) is 6.64. The summed E-state index contributed by atoms with van der Waals surface area (Å²) in [7, 11) is -3.11. The molecule has 2 atom stereocenters. The van der Waals surface area contributed by atoms with Gasteiger partial charge >= 0.3 is 0 Å². The summed E-state index contributed by atoms with van der Waals surface area (Å²) in [6.07, 6.45) is 4.53. The molecule has 1 aliphatic carbocycles. The average molecular weight is 377 g/mol. The number of benzene rings is 1. The van der Waals surface area contributed by atoms with Crippen molar-refractivity contribution in [2.75, 3.05) is 23.0 Å². The van der Waals surface area contributed by atoms with E-state index in [0.717, 1.165) is 18.5 Å². The lowest BCUT2D eigenvalue weighted by atomic mass is 9.98. The zero-order valence-electron chi connectivity index (χ0n) is 15.6. The van der Waals surface area contributed by atoms with E-state index < -0.39 is 9.84 Å². The van der Waals surface area contributed by atoms with Crippen molar-refractivity contribution in [2.45, 2.75) is 63.6 Å². The van der Waals surface area contributed by atoms with Crippen molar-refractivity contribution in [3.8, 4) is 0 Å². The fraction of sp³-hybridized carbons (Fsp3) is 0.650. The Morgan fingerprint density at radius 1 is 1.00 bits per heavy atom. The van der Waals surface area contributed by atoms with Crippen LogP contribution < -0.4 is 4.90 Å². The third kappa shape index (κ3) is 3.18. The van der Waals surface area contributed by atoms with Gasteiger partial charge in [-0.05, 0) is 36.5 Å². The number of amides is 1. The number of sulfone groups is 1. The van der Waals surface area contributed by atoms with Crippen molar-refractivity contribution < 1.29 is 13.2 Å². The first-order valence-electron chi connectivity index (χ1n) is 9.74. The Morgan fingerprint density at radius 2 is 1.62 bits per heavy atom. The van der Waals surface area contributed by atoms with Gasteiger partial charge in [-0.2, -0.15) is 0 Å². The van der Waals surface area contributed by atoms with Crippen molar-refractivity contribution in [3.63, 3.8) is 0 Å². The van der Waals surface area contributed by atoms with Crippen LogP contribution in [-0.2, 0) is 14.6 Å². The van der Waals surface area contributed by atoms with Crippen molar-refractivity contribution in [2.24, 2.45) is 0 Å². The first kappa shape index (κ1) is 18.0. The molecular formula is C20H28N2O3S. The summed E-state index contributed by atoms with van der Waals surface area (Å²) in [5, 5.41) is 0. The maximum Gasteiger partial charge on any atom is 0.241 e. The molecule has 2 saturated heterocycles. The normalized spacial score (nSPS) is 29.5. The molecule has 1 amide bonds. The first-order chi connectivity index (χ1) is 12.4. The van der Waals surface area contributed by atoms with Gasteiger partial charge in [0, 0.05) is 17.8 Å². The van der Waals surface area contributed by atoms with Gasteiger partial charge in [0.1, 0.15) is 0 Å². The van der Waals surface area contributed by atoms with Gasteiger partial charge in [-0.1, -0.05) is 38.8 Å². The van der Waals surface area contributed by atoms with Gasteiger partial charge < -0.3 is 4.90 Å². The number of piperazine rings is 1. The average Bonchev–Trinajstić information content (AvgIpc) is 3.21. The molecule has 1 aromatic carbocycles. The van der Waals surface area contributed by atoms with Crippen molar-refractivity contribution in [1.29, 1.82) is 0 Å². The van der Waals surface area contributed by atoms with Crippen molar-refractivity contribution in [1.82, 2.24) is 4.90 Å². The second-order valence-corrected chi connectivity index (χ2v) is 10.5. The highest BCUT2D eigenvalue weighted by Crippen LogP contribution is 2.36. The van der Waals surface area contributed by atoms with E-state index >= 15 is 0 Å². The molecule has 2 heterocycles. The van der Waals surface area contributed by atoms with Gasteiger partial charge in [-0.25, -0.2) is 8.42 Å². The van der Waals surface area contributed by atoms with Crippen LogP contribution in [0.5, 0.6) is 0 Å². The van der Waals surface area contributed by atoms with E-state index in [1.54, 1.807) is 4.90 Å². The van der Waals surface area contributed by atoms with Crippen LogP contribution in [0.1, 0.15) is 51.0 Å². The maximum atomic E-state index is 13.0. The van der Waals surface area contributed by atoms with Crippen LogP contribution in [0.25, 0.3) is 0 Å². The molecule has 2 aliphatic heterocycles. The van der Waals surface area contributed by atoms with Gasteiger partial charge in [-0.15, -0.1) is 0 Å². The molecule has 1 saturated carbocycles. The molecule has 0 spiro atoms. The number of hydrogen-bond acceptors (Lipinski definition) is 4. The van der Waals surface area contributed by atoms with E-state index in [-0.39, 0.29) is 29.5 Å². The molecule has 0 radical (unpaired) electrons. The lowest BCUT2D eigenvalue weighted by Crippen LogP contribution is -2.64. The van der Waals surface area contributed by atoms with Crippen molar-refractivity contribution >= 4 is 21.4 Å². The van der Waals surface area contributed by atoms with Crippen molar-refractivity contribution in [3.05, 3.63) is 29.8 Å². The molecule has 26 heavy (non-hydrogen) atoms. The van der Waals surface area contributed by atoms with Gasteiger partial charge in [0.2, 0.25) is 5.91 Å². The number of fused-ring (bicyclic) bond motifs is 1. The highest BCUT2D eigenvalue weighted by molar-refractivity contribution is 7.91. The maximum absolute atomic E-state index is 13.0. The Bertz CT molecular complexity index is 782. The number of nitrogens with zero attached hydrogens (tertiary/aromatic N) is 2. The lowest BCUT2D eigenvalue weighted by molar-refractivity contribution is -0.124. The van der Waals surface area contributed by atoms with Gasteiger partial charge in [-0.3, -0.25) is 9.69 Å². The van der Waals surface area contributed by atoms with Crippen LogP contribution >= 0.6 is 0 Å². The van der Waals surface area contributed by atoms with E-state index in [1.165, 1.54) is 18.4 Å². The first-order valence-corrected chi connectivity index (χ1v) is 11.6. The van der Waals surface area contributed by atoms with Gasteiger partial charge in [0.15, 0.2) is 9.84 Å². The van der Waals surface area contributed by atoms with E-state index in [0.29, 0.717) is 18.5 Å². The third-order valence-electron chi connectivity index (χ3n) is 6.27. The summed E-state index contributed by atoms with van der Waals surface area (Å²) in [6.45, 7) is 4.62. The topological polar surface area (TPSA) is 57.7 Å². The number of carbonyl (C=O) groups is 1. The molecule has 4 rings (SSSR count). The zero-order chi connectivity index (χ0) is 18.5. The summed E-state index contributed by atoms with van der Waals surface area (Å²) in [6, 6.07) is 8.09. The molecule has 2 unspecified atom stereocenters. The number of carbonyl (C=O) groups excluding carboxylic acids is 1. The Labute approximate surface area is 156 Å². The Hall–Kier alpha value is -1.40. The SMILES string of the molecule is CC(C)c1ccc(N2C(=O)CN(C3CCCC3)C3CS(=O)(=O)CC32)cc1. The van der Waals surface area contributed by atoms with E-state index in [1.807, 2.05) is 12.1 Å². The highest BCUT2D eigenvalue weighted by Gasteiger charge is 2.51. The second-order valence-electron chi connectivity index (χ2n) is 8.33. The molecule has 1 aromatic rings. The third-order valence-corrected chi connectivity index (χ3v) is 7.97. The molecule has 0 N–H and O–H groups in total. The van der Waals surface area contributed by atoms with Crippen LogP contribution in [0.3, 0.4) is 0 Å². The van der Waals surface area contributed by atoms with E-state index in [2.05, 4.69) is 30.9 Å². The predicted octanol–water partition coefficient (Wildman–Crippen LogP) is 2.57. The van der Waals surface area contributed by atoms with Crippen LogP contribution in [0.4, 0.5) is 5.69 Å². The van der Waals surface area contributed by atoms with Gasteiger partial charge in [0.25, 0.3) is 0 Å². The monoisotopic (exact) mass is 376 g/mol. The predicted molar refractivity (Wildman–Crippen MR) is 103 cm³/mol. The van der Waals surface area contributed by atoms with Crippen LogP contribution in [0, 0.1) is 0 Å². The smallest absolute Gasteiger partial charge is 0.241 e. The summed E-state index contributed by atoms with van der Waals surface area (Å²) < 4.78 is 24.8. The Morgan fingerprint density at radius 3 is 2.23 bits per heavy atom. The lowest BCUT2D eigenvalue weighted by Gasteiger charge is -2.46. The minimum Gasteiger partial charge on any atom is -0.306 e. The summed E-state index contributed by atoms with van der Waals surface area (Å²) >= 11 is 0. The number of rotatable bonds is 3. The molecular weight excluding hydrogens is 348 g/mol. The Kier molecular flexibility index (Phi) is 4.59. The quantitative estimate of drug-likeness (QED) is 0.814. The molecule has 142 valence electrons. The minimum atomic E-state index is -3.11. The molecule has 6 heteroatoms. The Balaban J connectivity index is 1.66. The summed E-state index contributed by atoms with van der Waals surface area (Å²) in [4.78, 5) is 17.0. The minimum absolute atomic E-state index is 0.0348. The standard InChI is InChI=1S/C20H28N2O3S/c1-14(2)15-7-9-17(10-8-15)22-19-13-26(24,25)12-18(19)21(11-20(22)23)16-5-3-4-6-16/h7-10,14,16,18-19H,3-6,11-13H2,1-2H3. The number of anilines is 1. The van der Waals surface area contributed by atoms with E-state index in [9.17, 15) is 13.2 Å².